The predicted octanol–water partition coefficient (Wildman–Crippen LogP) is 2.84. The highest BCUT2D eigenvalue weighted by atomic mass is 79.9. The SMILES string of the molecule is CCCCC(Br)C(=O)NCCCBr. The third-order valence-electron chi connectivity index (χ3n) is 1.71. The van der Waals surface area contributed by atoms with E-state index in [0.717, 1.165) is 37.6 Å². The fraction of sp³-hybridized carbons (Fsp3) is 0.889. The van der Waals surface area contributed by atoms with Crippen LogP contribution in [0.4, 0.5) is 0 Å². The second-order valence-electron chi connectivity index (χ2n) is 2.94. The van der Waals surface area contributed by atoms with E-state index < -0.39 is 0 Å². The highest BCUT2D eigenvalue weighted by Gasteiger charge is 2.12. The van der Waals surface area contributed by atoms with Crippen LogP contribution in [0.3, 0.4) is 0 Å². The Bertz CT molecular complexity index is 142. The van der Waals surface area contributed by atoms with Crippen LogP contribution in [0.15, 0.2) is 0 Å². The number of alkyl halides is 2. The van der Waals surface area contributed by atoms with Crippen molar-refractivity contribution in [2.24, 2.45) is 0 Å². The summed E-state index contributed by atoms with van der Waals surface area (Å²) in [4.78, 5) is 11.3. The molecule has 1 amide bonds. The van der Waals surface area contributed by atoms with Crippen LogP contribution in [0.5, 0.6) is 0 Å². The maximum atomic E-state index is 11.4. The van der Waals surface area contributed by atoms with Crippen molar-refractivity contribution in [1.29, 1.82) is 0 Å². The zero-order chi connectivity index (χ0) is 10.1. The molecule has 0 fully saturated rings. The van der Waals surface area contributed by atoms with E-state index in [1.807, 2.05) is 0 Å². The minimum absolute atomic E-state index is 0.0113. The van der Waals surface area contributed by atoms with Gasteiger partial charge in [-0.2, -0.15) is 0 Å². The van der Waals surface area contributed by atoms with E-state index in [1.165, 1.54) is 0 Å². The van der Waals surface area contributed by atoms with Gasteiger partial charge in [-0.05, 0) is 12.8 Å². The molecule has 0 aliphatic carbocycles. The average Bonchev–Trinajstić information content (AvgIpc) is 2.14. The fourth-order valence-corrected chi connectivity index (χ4v) is 1.67. The van der Waals surface area contributed by atoms with Gasteiger partial charge in [0.2, 0.25) is 5.91 Å². The Morgan fingerprint density at radius 2 is 2.15 bits per heavy atom. The Morgan fingerprint density at radius 3 is 2.69 bits per heavy atom. The van der Waals surface area contributed by atoms with Gasteiger partial charge in [-0.1, -0.05) is 51.6 Å². The number of nitrogens with one attached hydrogen (secondary N) is 1. The van der Waals surface area contributed by atoms with Crippen molar-refractivity contribution in [3.63, 3.8) is 0 Å². The lowest BCUT2D eigenvalue weighted by atomic mass is 10.2. The molecule has 0 aliphatic heterocycles. The summed E-state index contributed by atoms with van der Waals surface area (Å²) in [6, 6.07) is 0. The first kappa shape index (κ1) is 13.4. The predicted molar refractivity (Wildman–Crippen MR) is 63.7 cm³/mol. The Morgan fingerprint density at radius 1 is 1.46 bits per heavy atom. The molecule has 0 aromatic carbocycles. The van der Waals surface area contributed by atoms with Crippen LogP contribution in [0.2, 0.25) is 0 Å². The Labute approximate surface area is 97.1 Å². The van der Waals surface area contributed by atoms with Gasteiger partial charge in [-0.3, -0.25) is 4.79 Å². The Hall–Kier alpha value is 0.430. The first-order chi connectivity index (χ1) is 6.22. The Balaban J connectivity index is 3.45. The molecule has 2 nitrogen and oxygen atoms in total. The first-order valence-corrected chi connectivity index (χ1v) is 6.73. The maximum absolute atomic E-state index is 11.4. The van der Waals surface area contributed by atoms with E-state index in [0.29, 0.717) is 0 Å². The lowest BCUT2D eigenvalue weighted by Gasteiger charge is -2.09. The molecule has 0 aromatic heterocycles. The molecule has 4 heteroatoms. The van der Waals surface area contributed by atoms with Crippen LogP contribution in [-0.2, 0) is 4.79 Å². The summed E-state index contributed by atoms with van der Waals surface area (Å²) in [6.45, 7) is 2.89. The van der Waals surface area contributed by atoms with Gasteiger partial charge in [0.05, 0.1) is 4.83 Å². The average molecular weight is 315 g/mol. The number of unbranched alkanes of at least 4 members (excludes halogenated alkanes) is 1. The number of carbonyl (C=O) groups is 1. The van der Waals surface area contributed by atoms with Gasteiger partial charge in [-0.15, -0.1) is 0 Å². The van der Waals surface area contributed by atoms with E-state index >= 15 is 0 Å². The van der Waals surface area contributed by atoms with E-state index in [-0.39, 0.29) is 10.7 Å². The fourth-order valence-electron chi connectivity index (χ4n) is 0.904. The quantitative estimate of drug-likeness (QED) is 0.568. The summed E-state index contributed by atoms with van der Waals surface area (Å²) in [5, 5.41) is 3.82. The smallest absolute Gasteiger partial charge is 0.233 e. The van der Waals surface area contributed by atoms with Crippen molar-refractivity contribution < 1.29 is 4.79 Å². The molecule has 0 radical (unpaired) electrons. The number of carbonyl (C=O) groups excluding carboxylic acids is 1. The molecule has 1 unspecified atom stereocenters. The van der Waals surface area contributed by atoms with Gasteiger partial charge in [0.1, 0.15) is 0 Å². The Kier molecular flexibility index (Phi) is 9.30. The van der Waals surface area contributed by atoms with Crippen molar-refractivity contribution in [2.75, 3.05) is 11.9 Å². The van der Waals surface area contributed by atoms with Crippen molar-refractivity contribution in [3.05, 3.63) is 0 Å². The third-order valence-corrected chi connectivity index (χ3v) is 3.14. The molecule has 0 rings (SSSR count). The van der Waals surface area contributed by atoms with Crippen LogP contribution in [0, 0.1) is 0 Å². The van der Waals surface area contributed by atoms with Gasteiger partial charge in [0.15, 0.2) is 0 Å². The lowest BCUT2D eigenvalue weighted by molar-refractivity contribution is -0.120. The number of rotatable bonds is 7. The molecule has 1 N–H and O–H groups in total. The molecule has 13 heavy (non-hydrogen) atoms. The van der Waals surface area contributed by atoms with Crippen LogP contribution in [-0.4, -0.2) is 22.6 Å². The van der Waals surface area contributed by atoms with Crippen LogP contribution in [0.25, 0.3) is 0 Å². The normalized spacial score (nSPS) is 12.5. The van der Waals surface area contributed by atoms with Crippen LogP contribution >= 0.6 is 31.9 Å². The zero-order valence-corrected chi connectivity index (χ0v) is 11.2. The van der Waals surface area contributed by atoms with Crippen LogP contribution in [0.1, 0.15) is 32.6 Å². The molecule has 0 spiro atoms. The van der Waals surface area contributed by atoms with Gasteiger partial charge in [-0.25, -0.2) is 0 Å². The second kappa shape index (κ2) is 9.00. The van der Waals surface area contributed by atoms with E-state index in [4.69, 9.17) is 0 Å². The summed E-state index contributed by atoms with van der Waals surface area (Å²) in [5.74, 6) is 0.120. The monoisotopic (exact) mass is 313 g/mol. The largest absolute Gasteiger partial charge is 0.355 e. The molecule has 0 saturated carbocycles. The van der Waals surface area contributed by atoms with Crippen molar-refractivity contribution in [2.45, 2.75) is 37.4 Å². The lowest BCUT2D eigenvalue weighted by Crippen LogP contribution is -2.31. The van der Waals surface area contributed by atoms with E-state index in [1.54, 1.807) is 0 Å². The molecule has 0 saturated heterocycles. The molecule has 1 atom stereocenters. The summed E-state index contributed by atoms with van der Waals surface area (Å²) in [5.41, 5.74) is 0. The summed E-state index contributed by atoms with van der Waals surface area (Å²) in [6.07, 6.45) is 4.15. The number of halogens is 2. The maximum Gasteiger partial charge on any atom is 0.233 e. The zero-order valence-electron chi connectivity index (χ0n) is 7.98. The highest BCUT2D eigenvalue weighted by Crippen LogP contribution is 2.09. The number of hydrogen-bond donors (Lipinski definition) is 1. The van der Waals surface area contributed by atoms with E-state index in [9.17, 15) is 4.79 Å². The molecular formula is C9H17Br2NO. The molecule has 0 bridgehead atoms. The topological polar surface area (TPSA) is 29.1 Å². The minimum Gasteiger partial charge on any atom is -0.355 e. The number of hydrogen-bond acceptors (Lipinski definition) is 1. The van der Waals surface area contributed by atoms with Crippen molar-refractivity contribution in [3.8, 4) is 0 Å². The summed E-state index contributed by atoms with van der Waals surface area (Å²) in [7, 11) is 0. The van der Waals surface area contributed by atoms with Gasteiger partial charge in [0, 0.05) is 11.9 Å². The second-order valence-corrected chi connectivity index (χ2v) is 4.84. The molecule has 0 heterocycles. The summed E-state index contributed by atoms with van der Waals surface area (Å²) < 4.78 is 0. The number of amides is 1. The molecule has 0 aliphatic rings. The first-order valence-electron chi connectivity index (χ1n) is 4.70. The van der Waals surface area contributed by atoms with E-state index in [2.05, 4.69) is 44.1 Å². The highest BCUT2D eigenvalue weighted by molar-refractivity contribution is 9.10. The molecule has 0 aromatic rings. The molecular weight excluding hydrogens is 298 g/mol. The summed E-state index contributed by atoms with van der Waals surface area (Å²) >= 11 is 6.69. The van der Waals surface area contributed by atoms with Gasteiger partial charge < -0.3 is 5.32 Å². The molecule has 78 valence electrons. The third kappa shape index (κ3) is 7.50. The van der Waals surface area contributed by atoms with Crippen molar-refractivity contribution in [1.82, 2.24) is 5.32 Å². The van der Waals surface area contributed by atoms with Gasteiger partial charge in [0.25, 0.3) is 0 Å². The van der Waals surface area contributed by atoms with Crippen molar-refractivity contribution >= 4 is 37.8 Å². The standard InChI is InChI=1S/C9H17Br2NO/c1-2-3-5-8(11)9(13)12-7-4-6-10/h8H,2-7H2,1H3,(H,12,13). The van der Waals surface area contributed by atoms with Crippen LogP contribution < -0.4 is 5.32 Å². The van der Waals surface area contributed by atoms with Gasteiger partial charge >= 0.3 is 0 Å². The minimum atomic E-state index is -0.0113.